The van der Waals surface area contributed by atoms with Crippen molar-refractivity contribution in [3.63, 3.8) is 0 Å². The molecule has 25 heavy (non-hydrogen) atoms. The third-order valence-electron chi connectivity index (χ3n) is 5.02. The number of nitrogens with zero attached hydrogens (tertiary/aromatic N) is 5. The second kappa shape index (κ2) is 5.11. The first kappa shape index (κ1) is 14.6. The van der Waals surface area contributed by atoms with Crippen LogP contribution < -0.4 is 10.1 Å². The Kier molecular flexibility index (Phi) is 2.97. The van der Waals surface area contributed by atoms with Crippen molar-refractivity contribution in [1.82, 2.24) is 29.9 Å². The van der Waals surface area contributed by atoms with Crippen molar-refractivity contribution in [2.24, 2.45) is 11.3 Å². The lowest BCUT2D eigenvalue weighted by molar-refractivity contribution is -0.0528. The van der Waals surface area contributed by atoms with Gasteiger partial charge in [0.1, 0.15) is 11.3 Å². The van der Waals surface area contributed by atoms with E-state index in [2.05, 4.69) is 35.3 Å². The number of hydrogen-bond acceptors (Lipinski definition) is 6. The number of H-pyrrole nitrogens is 1. The first-order chi connectivity index (χ1) is 12.1. The van der Waals surface area contributed by atoms with Crippen LogP contribution >= 0.6 is 0 Å². The summed E-state index contributed by atoms with van der Waals surface area (Å²) in [5.74, 6) is 1.35. The van der Waals surface area contributed by atoms with Gasteiger partial charge in [-0.2, -0.15) is 13.9 Å². The maximum Gasteiger partial charge on any atom is 0.388 e. The van der Waals surface area contributed by atoms with Gasteiger partial charge in [0.2, 0.25) is 5.88 Å². The molecular formula is C15H15F2N7O. The third-order valence-corrected chi connectivity index (χ3v) is 5.02. The number of fused-ring (bicyclic) bond motifs is 1. The van der Waals surface area contributed by atoms with Crippen LogP contribution in [-0.2, 0) is 6.54 Å². The van der Waals surface area contributed by atoms with Crippen molar-refractivity contribution >= 4 is 22.8 Å². The van der Waals surface area contributed by atoms with Gasteiger partial charge >= 0.3 is 6.61 Å². The lowest BCUT2D eigenvalue weighted by Gasteiger charge is -2.04. The fourth-order valence-electron chi connectivity index (χ4n) is 3.37. The average Bonchev–Trinajstić information content (AvgIpc) is 3.39. The van der Waals surface area contributed by atoms with E-state index in [-0.39, 0.29) is 5.88 Å². The Morgan fingerprint density at radius 2 is 2.28 bits per heavy atom. The maximum absolute atomic E-state index is 12.2. The molecule has 10 heteroatoms. The minimum absolute atomic E-state index is 0.194. The van der Waals surface area contributed by atoms with E-state index in [1.807, 2.05) is 4.68 Å². The fourth-order valence-corrected chi connectivity index (χ4v) is 3.37. The Morgan fingerprint density at radius 1 is 1.40 bits per heavy atom. The van der Waals surface area contributed by atoms with E-state index < -0.39 is 6.61 Å². The molecule has 0 amide bonds. The van der Waals surface area contributed by atoms with E-state index in [1.54, 1.807) is 12.4 Å². The minimum atomic E-state index is -2.92. The zero-order valence-electron chi connectivity index (χ0n) is 13.1. The summed E-state index contributed by atoms with van der Waals surface area (Å²) >= 11 is 0. The predicted octanol–water partition coefficient (Wildman–Crippen LogP) is 2.69. The van der Waals surface area contributed by atoms with Gasteiger partial charge in [0.25, 0.3) is 0 Å². The number of ether oxygens (including phenoxy) is 1. The summed E-state index contributed by atoms with van der Waals surface area (Å²) in [6, 6.07) is 1.33. The molecule has 3 aromatic rings. The number of nitrogens with one attached hydrogen (secondary N) is 2. The molecule has 0 saturated heterocycles. The number of anilines is 2. The SMILES string of the molecule is FC(F)Oc1cc(Nc2cnc3cnn(C[C@H]4CC45CC5)c3n2)[nH]n1. The number of aromatic amines is 1. The highest BCUT2D eigenvalue weighted by Crippen LogP contribution is 2.71. The van der Waals surface area contributed by atoms with Crippen molar-refractivity contribution in [3.05, 3.63) is 18.5 Å². The number of rotatable bonds is 6. The molecule has 2 fully saturated rings. The van der Waals surface area contributed by atoms with Crippen LogP contribution in [0.4, 0.5) is 20.4 Å². The molecule has 2 aliphatic rings. The van der Waals surface area contributed by atoms with Gasteiger partial charge < -0.3 is 10.1 Å². The van der Waals surface area contributed by atoms with Gasteiger partial charge in [-0.25, -0.2) is 14.6 Å². The summed E-state index contributed by atoms with van der Waals surface area (Å²) in [6.07, 6.45) is 7.21. The summed E-state index contributed by atoms with van der Waals surface area (Å²) in [4.78, 5) is 8.88. The van der Waals surface area contributed by atoms with Crippen LogP contribution in [0.5, 0.6) is 5.88 Å². The van der Waals surface area contributed by atoms with Crippen molar-refractivity contribution in [1.29, 1.82) is 0 Å². The molecule has 130 valence electrons. The quantitative estimate of drug-likeness (QED) is 0.712. The van der Waals surface area contributed by atoms with Gasteiger partial charge in [0.15, 0.2) is 11.5 Å². The molecule has 2 N–H and O–H groups in total. The topological polar surface area (TPSA) is 93.5 Å². The minimum Gasteiger partial charge on any atom is -0.415 e. The Morgan fingerprint density at radius 3 is 3.04 bits per heavy atom. The molecule has 1 atom stereocenters. The zero-order valence-corrected chi connectivity index (χ0v) is 13.1. The zero-order chi connectivity index (χ0) is 17.0. The molecule has 0 radical (unpaired) electrons. The Hall–Kier alpha value is -2.78. The van der Waals surface area contributed by atoms with Crippen LogP contribution in [0.2, 0.25) is 0 Å². The number of aromatic nitrogens is 6. The van der Waals surface area contributed by atoms with Gasteiger partial charge in [-0.15, -0.1) is 5.10 Å². The van der Waals surface area contributed by atoms with Gasteiger partial charge in [-0.3, -0.25) is 5.10 Å². The van der Waals surface area contributed by atoms with Gasteiger partial charge in [-0.1, -0.05) is 0 Å². The molecule has 0 aliphatic heterocycles. The van der Waals surface area contributed by atoms with Gasteiger partial charge in [0, 0.05) is 12.6 Å². The molecule has 5 rings (SSSR count). The molecule has 0 bridgehead atoms. The second-order valence-corrected chi connectivity index (χ2v) is 6.68. The lowest BCUT2D eigenvalue weighted by atomic mass is 10.3. The summed E-state index contributed by atoms with van der Waals surface area (Å²) in [5, 5.41) is 13.5. The molecular weight excluding hydrogens is 332 g/mol. The van der Waals surface area contributed by atoms with E-state index in [1.165, 1.54) is 25.3 Å². The van der Waals surface area contributed by atoms with Crippen molar-refractivity contribution < 1.29 is 13.5 Å². The van der Waals surface area contributed by atoms with Crippen LogP contribution in [-0.4, -0.2) is 36.6 Å². The smallest absolute Gasteiger partial charge is 0.388 e. The van der Waals surface area contributed by atoms with Crippen molar-refractivity contribution in [2.75, 3.05) is 5.32 Å². The predicted molar refractivity (Wildman–Crippen MR) is 83.6 cm³/mol. The lowest BCUT2D eigenvalue weighted by Crippen LogP contribution is -2.05. The molecule has 1 spiro atoms. The normalized spacial score (nSPS) is 20.4. The first-order valence-electron chi connectivity index (χ1n) is 8.07. The Labute approximate surface area is 140 Å². The van der Waals surface area contributed by atoms with Crippen LogP contribution in [0.3, 0.4) is 0 Å². The molecule has 3 aromatic heterocycles. The molecule has 2 aliphatic carbocycles. The van der Waals surface area contributed by atoms with E-state index in [9.17, 15) is 8.78 Å². The van der Waals surface area contributed by atoms with Gasteiger partial charge in [-0.05, 0) is 30.6 Å². The van der Waals surface area contributed by atoms with Crippen LogP contribution in [0.1, 0.15) is 19.3 Å². The van der Waals surface area contributed by atoms with Crippen LogP contribution in [0.25, 0.3) is 11.2 Å². The average molecular weight is 347 g/mol. The Bertz CT molecular complexity index is 933. The molecule has 0 unspecified atom stereocenters. The highest BCUT2D eigenvalue weighted by molar-refractivity contribution is 5.72. The third kappa shape index (κ3) is 2.67. The number of alkyl halides is 2. The van der Waals surface area contributed by atoms with Crippen molar-refractivity contribution in [2.45, 2.75) is 32.4 Å². The number of hydrogen-bond donors (Lipinski definition) is 2. The summed E-state index contributed by atoms with van der Waals surface area (Å²) in [7, 11) is 0. The van der Waals surface area contributed by atoms with Gasteiger partial charge in [0.05, 0.1) is 12.4 Å². The summed E-state index contributed by atoms with van der Waals surface area (Å²) < 4.78 is 30.5. The van der Waals surface area contributed by atoms with E-state index in [4.69, 9.17) is 0 Å². The monoisotopic (exact) mass is 347 g/mol. The van der Waals surface area contributed by atoms with E-state index in [0.29, 0.717) is 28.6 Å². The highest BCUT2D eigenvalue weighted by Gasteiger charge is 2.62. The van der Waals surface area contributed by atoms with E-state index >= 15 is 0 Å². The van der Waals surface area contributed by atoms with Crippen molar-refractivity contribution in [3.8, 4) is 5.88 Å². The first-order valence-corrected chi connectivity index (χ1v) is 8.07. The van der Waals surface area contributed by atoms with Crippen LogP contribution in [0, 0.1) is 11.3 Å². The molecule has 8 nitrogen and oxygen atoms in total. The highest BCUT2D eigenvalue weighted by atomic mass is 19.3. The Balaban J connectivity index is 1.35. The fraction of sp³-hybridized carbons (Fsp3) is 0.467. The second-order valence-electron chi connectivity index (χ2n) is 6.68. The maximum atomic E-state index is 12.2. The number of halogens is 2. The summed E-state index contributed by atoms with van der Waals surface area (Å²) in [6.45, 7) is -2.06. The van der Waals surface area contributed by atoms with Crippen LogP contribution in [0.15, 0.2) is 18.5 Å². The molecule has 3 heterocycles. The standard InChI is InChI=1S/C15H15F2N7O/c16-14(17)25-12-3-10(22-23-12)20-11-6-18-9-5-19-24(13(9)21-11)7-8-4-15(8)1-2-15/h3,5-6,8,14H,1-2,4,7H2,(H2,20,21,22,23)/t8-/m1/s1. The van der Waals surface area contributed by atoms with E-state index in [0.717, 1.165) is 12.1 Å². The largest absolute Gasteiger partial charge is 0.415 e. The molecule has 0 aromatic carbocycles. The summed E-state index contributed by atoms with van der Waals surface area (Å²) in [5.41, 5.74) is 2.03. The molecule has 2 saturated carbocycles.